The third-order valence-electron chi connectivity index (χ3n) is 4.82. The molecule has 27 heavy (non-hydrogen) atoms. The van der Waals surface area contributed by atoms with Crippen molar-refractivity contribution in [3.8, 4) is 0 Å². The monoisotopic (exact) mass is 379 g/mol. The molecule has 6 heteroatoms. The molecule has 5 nitrogen and oxygen atoms in total. The average Bonchev–Trinajstić information content (AvgIpc) is 2.92. The zero-order valence-corrected chi connectivity index (χ0v) is 16.7. The largest absolute Gasteiger partial charge is 0.323 e. The molecule has 1 aliphatic rings. The zero-order valence-electron chi connectivity index (χ0n) is 15.9. The number of anilines is 2. The number of hydrogen-bond donors (Lipinski definition) is 2. The molecule has 0 fully saturated rings. The third-order valence-corrected chi connectivity index (χ3v) is 5.83. The number of H-pyrrole nitrogens is 1. The minimum atomic E-state index is 0.768. The Morgan fingerprint density at radius 2 is 1.85 bits per heavy atom. The quantitative estimate of drug-likeness (QED) is 0.476. The molecular weight excluding hydrogens is 354 g/mol. The molecule has 0 saturated carbocycles. The summed E-state index contributed by atoms with van der Waals surface area (Å²) >= 11 is 1.78. The zero-order chi connectivity index (χ0) is 18.6. The normalized spacial score (nSPS) is 13.9. The minimum Gasteiger partial charge on any atom is -0.323 e. The molecule has 0 bridgehead atoms. The number of nitrogens with zero attached hydrogens (tertiary/aromatic N) is 3. The highest BCUT2D eigenvalue weighted by Gasteiger charge is 2.17. The van der Waals surface area contributed by atoms with Crippen LogP contribution >= 0.6 is 11.8 Å². The van der Waals surface area contributed by atoms with Crippen molar-refractivity contribution in [2.45, 2.75) is 56.6 Å². The van der Waals surface area contributed by atoms with Gasteiger partial charge in [-0.3, -0.25) is 5.10 Å². The number of rotatable bonds is 5. The van der Waals surface area contributed by atoms with E-state index in [4.69, 9.17) is 9.97 Å². The van der Waals surface area contributed by atoms with Crippen molar-refractivity contribution in [3.05, 3.63) is 58.7 Å². The van der Waals surface area contributed by atoms with Crippen LogP contribution in [0.3, 0.4) is 0 Å². The smallest absolute Gasteiger partial charge is 0.153 e. The Kier molecular flexibility index (Phi) is 5.43. The summed E-state index contributed by atoms with van der Waals surface area (Å²) < 4.78 is 0. The predicted octanol–water partition coefficient (Wildman–Crippen LogP) is 5.12. The molecule has 0 spiro atoms. The summed E-state index contributed by atoms with van der Waals surface area (Å²) in [6, 6.07) is 10.6. The molecule has 0 radical (unpaired) electrons. The van der Waals surface area contributed by atoms with Gasteiger partial charge >= 0.3 is 0 Å². The molecule has 0 unspecified atom stereocenters. The van der Waals surface area contributed by atoms with Crippen LogP contribution in [-0.4, -0.2) is 20.2 Å². The maximum atomic E-state index is 4.91. The number of hydrogen-bond acceptors (Lipinski definition) is 5. The summed E-state index contributed by atoms with van der Waals surface area (Å²) in [5, 5.41) is 10.7. The van der Waals surface area contributed by atoms with Gasteiger partial charge < -0.3 is 5.32 Å². The molecule has 4 rings (SSSR count). The first kappa shape index (κ1) is 18.0. The Morgan fingerprint density at radius 3 is 2.63 bits per heavy atom. The van der Waals surface area contributed by atoms with Gasteiger partial charge in [-0.05, 0) is 51.7 Å². The molecule has 1 aromatic carbocycles. The molecule has 0 saturated heterocycles. The maximum Gasteiger partial charge on any atom is 0.153 e. The van der Waals surface area contributed by atoms with E-state index in [0.717, 1.165) is 41.7 Å². The second kappa shape index (κ2) is 8.13. The highest BCUT2D eigenvalue weighted by molar-refractivity contribution is 7.98. The van der Waals surface area contributed by atoms with E-state index in [1.54, 1.807) is 11.8 Å². The maximum absolute atomic E-state index is 4.91. The Hall–Kier alpha value is -2.34. The van der Waals surface area contributed by atoms with Crippen LogP contribution in [0, 0.1) is 13.8 Å². The predicted molar refractivity (Wildman–Crippen MR) is 111 cm³/mol. The molecule has 140 valence electrons. The molecule has 2 aromatic heterocycles. The Bertz CT molecular complexity index is 917. The van der Waals surface area contributed by atoms with E-state index < -0.39 is 0 Å². The van der Waals surface area contributed by atoms with Gasteiger partial charge in [0.25, 0.3) is 0 Å². The number of benzene rings is 1. The van der Waals surface area contributed by atoms with Gasteiger partial charge in [0.1, 0.15) is 11.6 Å². The lowest BCUT2D eigenvalue weighted by Gasteiger charge is -2.14. The number of thioether (sulfide) groups is 1. The van der Waals surface area contributed by atoms with Crippen LogP contribution < -0.4 is 5.32 Å². The van der Waals surface area contributed by atoms with Crippen molar-refractivity contribution < 1.29 is 0 Å². The summed E-state index contributed by atoms with van der Waals surface area (Å²) in [5.74, 6) is 3.39. The van der Waals surface area contributed by atoms with Gasteiger partial charge in [-0.25, -0.2) is 9.97 Å². The fraction of sp³-hybridized carbons (Fsp3) is 0.381. The highest BCUT2D eigenvalue weighted by atomic mass is 32.2. The summed E-state index contributed by atoms with van der Waals surface area (Å²) in [6.45, 7) is 4.11. The van der Waals surface area contributed by atoms with Crippen LogP contribution in [-0.2, 0) is 18.6 Å². The molecule has 0 aliphatic heterocycles. The molecule has 0 amide bonds. The first-order valence-corrected chi connectivity index (χ1v) is 10.5. The first-order valence-electron chi connectivity index (χ1n) is 9.54. The summed E-state index contributed by atoms with van der Waals surface area (Å²) in [5.41, 5.74) is 4.78. The fourth-order valence-corrected chi connectivity index (χ4v) is 4.13. The van der Waals surface area contributed by atoms with E-state index >= 15 is 0 Å². The molecule has 0 atom stereocenters. The van der Waals surface area contributed by atoms with Crippen molar-refractivity contribution in [1.29, 1.82) is 0 Å². The van der Waals surface area contributed by atoms with Crippen molar-refractivity contribution >= 4 is 23.4 Å². The first-order chi connectivity index (χ1) is 13.2. The van der Waals surface area contributed by atoms with Crippen LogP contribution in [0.4, 0.5) is 11.6 Å². The highest BCUT2D eigenvalue weighted by Crippen LogP contribution is 2.29. The van der Waals surface area contributed by atoms with Gasteiger partial charge in [-0.1, -0.05) is 24.1 Å². The van der Waals surface area contributed by atoms with E-state index in [-0.39, 0.29) is 0 Å². The summed E-state index contributed by atoms with van der Waals surface area (Å²) in [4.78, 5) is 11.0. The van der Waals surface area contributed by atoms with Gasteiger partial charge in [0.15, 0.2) is 5.82 Å². The van der Waals surface area contributed by atoms with E-state index in [1.807, 2.05) is 13.0 Å². The van der Waals surface area contributed by atoms with Gasteiger partial charge in [0.05, 0.1) is 5.75 Å². The van der Waals surface area contributed by atoms with Gasteiger partial charge in [-0.2, -0.15) is 5.10 Å². The van der Waals surface area contributed by atoms with Crippen LogP contribution in [0.25, 0.3) is 0 Å². The van der Waals surface area contributed by atoms with Crippen molar-refractivity contribution in [2.75, 3.05) is 5.32 Å². The topological polar surface area (TPSA) is 66.5 Å². The Balaban J connectivity index is 1.60. The number of aryl methyl sites for hydroxylation is 3. The van der Waals surface area contributed by atoms with Crippen LogP contribution in [0.1, 0.15) is 47.6 Å². The minimum absolute atomic E-state index is 0.768. The Morgan fingerprint density at radius 1 is 1.04 bits per heavy atom. The second-order valence-electron chi connectivity index (χ2n) is 7.14. The van der Waals surface area contributed by atoms with Crippen LogP contribution in [0.5, 0.6) is 0 Å². The van der Waals surface area contributed by atoms with Crippen molar-refractivity contribution in [2.24, 2.45) is 0 Å². The SMILES string of the molecule is Cc1ccc(SCc2nc3c(c(Nc4cc(C)[nH]n4)n2)CCCCC3)cc1. The lowest BCUT2D eigenvalue weighted by molar-refractivity contribution is 0.708. The van der Waals surface area contributed by atoms with Gasteiger partial charge in [0.2, 0.25) is 0 Å². The number of aromatic amines is 1. The lowest BCUT2D eigenvalue weighted by Crippen LogP contribution is -2.08. The Labute approximate surface area is 164 Å². The molecule has 2 heterocycles. The molecule has 1 aliphatic carbocycles. The van der Waals surface area contributed by atoms with Crippen molar-refractivity contribution in [3.63, 3.8) is 0 Å². The molecule has 2 N–H and O–H groups in total. The molecular formula is C21H25N5S. The summed E-state index contributed by atoms with van der Waals surface area (Å²) in [6.07, 6.45) is 5.73. The van der Waals surface area contributed by atoms with E-state index in [0.29, 0.717) is 0 Å². The van der Waals surface area contributed by atoms with E-state index in [2.05, 4.69) is 46.7 Å². The number of fused-ring (bicyclic) bond motifs is 1. The number of aromatic nitrogens is 4. The standard InChI is InChI=1S/C21H25N5S/c1-14-8-10-16(11-9-14)27-13-20-22-18-7-5-3-4-6-17(18)21(24-20)23-19-12-15(2)25-26-19/h8-12H,3-7,13H2,1-2H3,(H2,22,23,24,25,26). The van der Waals surface area contributed by atoms with Gasteiger partial charge in [-0.15, -0.1) is 11.8 Å². The molecule has 3 aromatic rings. The second-order valence-corrected chi connectivity index (χ2v) is 8.19. The summed E-state index contributed by atoms with van der Waals surface area (Å²) in [7, 11) is 0. The fourth-order valence-electron chi connectivity index (χ4n) is 3.38. The van der Waals surface area contributed by atoms with E-state index in [1.165, 1.54) is 41.0 Å². The lowest BCUT2D eigenvalue weighted by atomic mass is 10.1. The average molecular weight is 380 g/mol. The van der Waals surface area contributed by atoms with E-state index in [9.17, 15) is 0 Å². The third kappa shape index (κ3) is 4.50. The van der Waals surface area contributed by atoms with Crippen LogP contribution in [0.15, 0.2) is 35.2 Å². The van der Waals surface area contributed by atoms with Gasteiger partial charge in [0, 0.05) is 27.9 Å². The van der Waals surface area contributed by atoms with Crippen LogP contribution in [0.2, 0.25) is 0 Å². The number of nitrogens with one attached hydrogen (secondary N) is 2. The van der Waals surface area contributed by atoms with Crippen molar-refractivity contribution in [1.82, 2.24) is 20.2 Å².